The Morgan fingerprint density at radius 2 is 2.04 bits per heavy atom. The summed E-state index contributed by atoms with van der Waals surface area (Å²) >= 11 is 1.76. The molecule has 0 bridgehead atoms. The smallest absolute Gasteiger partial charge is 0.231 e. The van der Waals surface area contributed by atoms with Crippen LogP contribution in [0.15, 0.2) is 24.3 Å². The number of para-hydroxylation sites is 1. The van der Waals surface area contributed by atoms with Crippen molar-refractivity contribution in [3.8, 4) is 17.7 Å². The zero-order chi connectivity index (χ0) is 18.9. The first-order valence-corrected chi connectivity index (χ1v) is 10.4. The number of rotatable bonds is 4. The van der Waals surface area contributed by atoms with Crippen molar-refractivity contribution in [1.82, 2.24) is 14.9 Å². The average Bonchev–Trinajstić information content (AvgIpc) is 3.30. The molecule has 1 aromatic carbocycles. The number of fused-ring (bicyclic) bond motifs is 3. The molecule has 6 nitrogen and oxygen atoms in total. The largest absolute Gasteiger partial charge is 0.437 e. The molecular formula is C21H20N4O2S. The fourth-order valence-corrected chi connectivity index (χ4v) is 5.13. The van der Waals surface area contributed by atoms with Crippen molar-refractivity contribution in [2.75, 3.05) is 26.3 Å². The van der Waals surface area contributed by atoms with Gasteiger partial charge in [-0.3, -0.25) is 4.90 Å². The van der Waals surface area contributed by atoms with E-state index in [0.717, 1.165) is 55.2 Å². The molecule has 1 fully saturated rings. The van der Waals surface area contributed by atoms with E-state index in [1.807, 2.05) is 18.2 Å². The van der Waals surface area contributed by atoms with Crippen LogP contribution in [0.25, 0.3) is 10.2 Å². The first kappa shape index (κ1) is 17.6. The van der Waals surface area contributed by atoms with Crippen LogP contribution < -0.4 is 4.74 Å². The summed E-state index contributed by atoms with van der Waals surface area (Å²) in [6.07, 6.45) is 3.31. The number of ether oxygens (including phenoxy) is 2. The normalized spacial score (nSPS) is 16.8. The third kappa shape index (κ3) is 3.24. The van der Waals surface area contributed by atoms with Crippen LogP contribution in [0.5, 0.6) is 11.6 Å². The summed E-state index contributed by atoms with van der Waals surface area (Å²) in [6, 6.07) is 9.50. The fraction of sp³-hybridized carbons (Fsp3) is 0.381. The fourth-order valence-electron chi connectivity index (χ4n) is 3.86. The monoisotopic (exact) mass is 392 g/mol. The lowest BCUT2D eigenvalue weighted by Gasteiger charge is -2.25. The maximum absolute atomic E-state index is 9.42. The highest BCUT2D eigenvalue weighted by Crippen LogP contribution is 2.41. The molecule has 0 spiro atoms. The number of hydrogen-bond acceptors (Lipinski definition) is 7. The maximum atomic E-state index is 9.42. The van der Waals surface area contributed by atoms with Crippen LogP contribution in [-0.4, -0.2) is 41.2 Å². The van der Waals surface area contributed by atoms with Gasteiger partial charge in [0.2, 0.25) is 5.88 Å². The van der Waals surface area contributed by atoms with E-state index in [4.69, 9.17) is 19.4 Å². The summed E-state index contributed by atoms with van der Waals surface area (Å²) in [4.78, 5) is 14.3. The number of nitriles is 1. The minimum Gasteiger partial charge on any atom is -0.437 e. The van der Waals surface area contributed by atoms with Crippen molar-refractivity contribution in [1.29, 1.82) is 5.26 Å². The van der Waals surface area contributed by atoms with E-state index in [9.17, 15) is 5.26 Å². The molecule has 7 heteroatoms. The standard InChI is InChI=1S/C21H20N4O2S/c22-12-14-4-1-2-6-16(14)27-20-19-15-5-3-7-17(15)28-21(19)24-18(23-20)13-25-8-10-26-11-9-25/h1-2,4,6H,3,5,7-11,13H2. The molecular weight excluding hydrogens is 372 g/mol. The Morgan fingerprint density at radius 1 is 1.18 bits per heavy atom. The van der Waals surface area contributed by atoms with Gasteiger partial charge in [0.05, 0.1) is 30.7 Å². The molecule has 0 saturated carbocycles. The first-order chi connectivity index (χ1) is 13.8. The van der Waals surface area contributed by atoms with Crippen molar-refractivity contribution in [3.05, 3.63) is 46.1 Å². The van der Waals surface area contributed by atoms with E-state index in [1.165, 1.54) is 16.9 Å². The number of nitrogens with zero attached hydrogens (tertiary/aromatic N) is 4. The second-order valence-electron chi connectivity index (χ2n) is 7.08. The second-order valence-corrected chi connectivity index (χ2v) is 8.16. The van der Waals surface area contributed by atoms with Gasteiger partial charge in [0.1, 0.15) is 22.5 Å². The lowest BCUT2D eigenvalue weighted by molar-refractivity contribution is 0.0330. The zero-order valence-corrected chi connectivity index (χ0v) is 16.3. The van der Waals surface area contributed by atoms with E-state index in [0.29, 0.717) is 23.7 Å². The lowest BCUT2D eigenvalue weighted by atomic mass is 10.2. The summed E-state index contributed by atoms with van der Waals surface area (Å²) in [7, 11) is 0. The molecule has 28 heavy (non-hydrogen) atoms. The second kappa shape index (κ2) is 7.47. The molecule has 2 aromatic heterocycles. The number of aromatic nitrogens is 2. The van der Waals surface area contributed by atoms with Crippen LogP contribution in [-0.2, 0) is 24.1 Å². The number of morpholine rings is 1. The summed E-state index contributed by atoms with van der Waals surface area (Å²) in [6.45, 7) is 3.94. The Labute approximate surface area is 167 Å². The third-order valence-corrected chi connectivity index (χ3v) is 6.45. The SMILES string of the molecule is N#Cc1ccccc1Oc1nc(CN2CCOCC2)nc2sc3c(c12)CCC3. The predicted octanol–water partition coefficient (Wildman–Crippen LogP) is 3.68. The van der Waals surface area contributed by atoms with E-state index < -0.39 is 0 Å². The van der Waals surface area contributed by atoms with E-state index in [-0.39, 0.29) is 0 Å². The van der Waals surface area contributed by atoms with Crippen molar-refractivity contribution in [2.45, 2.75) is 25.8 Å². The van der Waals surface area contributed by atoms with Crippen LogP contribution in [0.2, 0.25) is 0 Å². The Bertz CT molecular complexity index is 1070. The van der Waals surface area contributed by atoms with Gasteiger partial charge in [0.25, 0.3) is 0 Å². The topological polar surface area (TPSA) is 71.3 Å². The van der Waals surface area contributed by atoms with E-state index in [2.05, 4.69) is 11.0 Å². The average molecular weight is 392 g/mol. The molecule has 1 aliphatic heterocycles. The molecule has 0 radical (unpaired) electrons. The Morgan fingerprint density at radius 3 is 2.89 bits per heavy atom. The molecule has 5 rings (SSSR count). The van der Waals surface area contributed by atoms with Gasteiger partial charge in [-0.1, -0.05) is 12.1 Å². The van der Waals surface area contributed by atoms with Crippen LogP contribution >= 0.6 is 11.3 Å². The van der Waals surface area contributed by atoms with Crippen molar-refractivity contribution in [3.63, 3.8) is 0 Å². The van der Waals surface area contributed by atoms with Gasteiger partial charge in [-0.25, -0.2) is 4.98 Å². The van der Waals surface area contributed by atoms with Gasteiger partial charge in [0, 0.05) is 18.0 Å². The van der Waals surface area contributed by atoms with Gasteiger partial charge >= 0.3 is 0 Å². The van der Waals surface area contributed by atoms with Gasteiger partial charge in [-0.05, 0) is 37.0 Å². The molecule has 0 amide bonds. The van der Waals surface area contributed by atoms with Crippen molar-refractivity contribution < 1.29 is 9.47 Å². The minimum absolute atomic E-state index is 0.510. The third-order valence-electron chi connectivity index (χ3n) is 5.26. The van der Waals surface area contributed by atoms with Crippen LogP contribution in [0.1, 0.15) is 28.2 Å². The Balaban J connectivity index is 1.57. The highest BCUT2D eigenvalue weighted by molar-refractivity contribution is 7.19. The van der Waals surface area contributed by atoms with Gasteiger partial charge < -0.3 is 9.47 Å². The van der Waals surface area contributed by atoms with Gasteiger partial charge in [-0.2, -0.15) is 10.2 Å². The van der Waals surface area contributed by atoms with Crippen LogP contribution in [0.4, 0.5) is 0 Å². The Kier molecular flexibility index (Phi) is 4.69. The first-order valence-electron chi connectivity index (χ1n) is 9.60. The maximum Gasteiger partial charge on any atom is 0.231 e. The van der Waals surface area contributed by atoms with Crippen molar-refractivity contribution >= 4 is 21.6 Å². The summed E-state index contributed by atoms with van der Waals surface area (Å²) in [5, 5.41) is 10.4. The molecule has 3 aromatic rings. The molecule has 3 heterocycles. The summed E-state index contributed by atoms with van der Waals surface area (Å²) in [5.41, 5.74) is 1.83. The Hall–Kier alpha value is -2.53. The number of thiophene rings is 1. The molecule has 142 valence electrons. The minimum atomic E-state index is 0.510. The summed E-state index contributed by atoms with van der Waals surface area (Å²) < 4.78 is 11.7. The summed E-state index contributed by atoms with van der Waals surface area (Å²) in [5.74, 6) is 1.88. The lowest BCUT2D eigenvalue weighted by Crippen LogP contribution is -2.36. The van der Waals surface area contributed by atoms with Gasteiger partial charge in [0.15, 0.2) is 0 Å². The molecule has 1 aliphatic carbocycles. The number of hydrogen-bond donors (Lipinski definition) is 0. The molecule has 0 atom stereocenters. The highest BCUT2D eigenvalue weighted by Gasteiger charge is 2.24. The van der Waals surface area contributed by atoms with Crippen LogP contribution in [0.3, 0.4) is 0 Å². The molecule has 0 N–H and O–H groups in total. The quantitative estimate of drug-likeness (QED) is 0.675. The van der Waals surface area contributed by atoms with E-state index >= 15 is 0 Å². The highest BCUT2D eigenvalue weighted by atomic mass is 32.1. The number of aryl methyl sites for hydroxylation is 2. The molecule has 2 aliphatic rings. The predicted molar refractivity (Wildman–Crippen MR) is 107 cm³/mol. The molecule has 0 unspecified atom stereocenters. The van der Waals surface area contributed by atoms with Crippen LogP contribution in [0, 0.1) is 11.3 Å². The van der Waals surface area contributed by atoms with Gasteiger partial charge in [-0.15, -0.1) is 11.3 Å². The zero-order valence-electron chi connectivity index (χ0n) is 15.5. The number of benzene rings is 1. The van der Waals surface area contributed by atoms with E-state index in [1.54, 1.807) is 17.4 Å². The molecule has 1 saturated heterocycles. The van der Waals surface area contributed by atoms with Crippen molar-refractivity contribution in [2.24, 2.45) is 0 Å².